The number of Topliss-reactive ketones (excluding diaryl/α,β-unsaturated/α-hetero) is 1. The van der Waals surface area contributed by atoms with Crippen LogP contribution in [0.25, 0.3) is 0 Å². The van der Waals surface area contributed by atoms with Crippen LogP contribution >= 0.6 is 0 Å². The van der Waals surface area contributed by atoms with Crippen LogP contribution in [0.4, 0.5) is 5.69 Å². The van der Waals surface area contributed by atoms with Crippen molar-refractivity contribution in [2.45, 2.75) is 25.8 Å². The summed E-state index contributed by atoms with van der Waals surface area (Å²) in [5.74, 6) is 0.176. The molecule has 3 nitrogen and oxygen atoms in total. The normalized spacial score (nSPS) is 21.2. The maximum Gasteiger partial charge on any atom is 0.182 e. The number of benzene rings is 1. The molecule has 0 spiro atoms. The van der Waals surface area contributed by atoms with Gasteiger partial charge in [0.05, 0.1) is 6.04 Å². The first kappa shape index (κ1) is 11.1. The number of hydrogen-bond donors (Lipinski definition) is 1. The van der Waals surface area contributed by atoms with Crippen molar-refractivity contribution in [2.75, 3.05) is 19.3 Å². The van der Waals surface area contributed by atoms with Gasteiger partial charge in [-0.3, -0.25) is 9.69 Å². The quantitative estimate of drug-likeness (QED) is 0.608. The highest BCUT2D eigenvalue weighted by Crippen LogP contribution is 2.24. The Hall–Kier alpha value is -1.35. The number of hydrogen-bond acceptors (Lipinski definition) is 3. The van der Waals surface area contributed by atoms with Crippen molar-refractivity contribution in [3.05, 3.63) is 29.3 Å². The van der Waals surface area contributed by atoms with Crippen LogP contribution in [0.5, 0.6) is 0 Å². The lowest BCUT2D eigenvalue weighted by molar-refractivity contribution is 0.0891. The number of aryl methyl sites for hydroxylation is 1. The molecule has 3 heteroatoms. The standard InChI is InChI=1S/C13H18N2O/c1-9-5-3-6-10(14)12(9)13(16)11-7-4-8-15(11)2/h3,5-6,11H,4,7-8,14H2,1-2H3/t11-/m1/s1. The van der Waals surface area contributed by atoms with Gasteiger partial charge in [0.2, 0.25) is 0 Å². The van der Waals surface area contributed by atoms with Gasteiger partial charge in [-0.05, 0) is 45.0 Å². The second-order valence-corrected chi connectivity index (χ2v) is 4.54. The molecule has 16 heavy (non-hydrogen) atoms. The van der Waals surface area contributed by atoms with E-state index in [1.54, 1.807) is 6.07 Å². The first-order valence-electron chi connectivity index (χ1n) is 5.71. The molecule has 1 aromatic carbocycles. The topological polar surface area (TPSA) is 46.3 Å². The average Bonchev–Trinajstić information content (AvgIpc) is 2.64. The van der Waals surface area contributed by atoms with Gasteiger partial charge in [0.25, 0.3) is 0 Å². The highest BCUT2D eigenvalue weighted by Gasteiger charge is 2.30. The summed E-state index contributed by atoms with van der Waals surface area (Å²) in [6.45, 7) is 2.95. The first-order valence-corrected chi connectivity index (χ1v) is 5.71. The Labute approximate surface area is 96.2 Å². The SMILES string of the molecule is Cc1cccc(N)c1C(=O)[C@H]1CCCN1C. The Bertz CT molecular complexity index is 394. The van der Waals surface area contributed by atoms with Gasteiger partial charge in [-0.1, -0.05) is 12.1 Å². The number of likely N-dealkylation sites (tertiary alicyclic amines) is 1. The van der Waals surface area contributed by atoms with Crippen LogP contribution < -0.4 is 5.73 Å². The van der Waals surface area contributed by atoms with Crippen molar-refractivity contribution >= 4 is 11.5 Å². The lowest BCUT2D eigenvalue weighted by atomic mass is 9.96. The smallest absolute Gasteiger partial charge is 0.182 e. The molecular weight excluding hydrogens is 200 g/mol. The van der Waals surface area contributed by atoms with Crippen LogP contribution in [0.2, 0.25) is 0 Å². The molecule has 0 radical (unpaired) electrons. The molecule has 0 unspecified atom stereocenters. The fraction of sp³-hybridized carbons (Fsp3) is 0.462. The van der Waals surface area contributed by atoms with Gasteiger partial charge in [-0.2, -0.15) is 0 Å². The van der Waals surface area contributed by atoms with Crippen LogP contribution in [0.1, 0.15) is 28.8 Å². The zero-order chi connectivity index (χ0) is 11.7. The average molecular weight is 218 g/mol. The molecule has 1 heterocycles. The molecule has 86 valence electrons. The Morgan fingerprint density at radius 3 is 2.81 bits per heavy atom. The lowest BCUT2D eigenvalue weighted by Crippen LogP contribution is -2.33. The van der Waals surface area contributed by atoms with E-state index in [4.69, 9.17) is 5.73 Å². The maximum absolute atomic E-state index is 12.4. The molecule has 1 aliphatic heterocycles. The van der Waals surface area contributed by atoms with Crippen LogP contribution in [0.15, 0.2) is 18.2 Å². The van der Waals surface area contributed by atoms with Crippen molar-refractivity contribution in [2.24, 2.45) is 0 Å². The van der Waals surface area contributed by atoms with Crippen molar-refractivity contribution in [1.82, 2.24) is 4.90 Å². The summed E-state index contributed by atoms with van der Waals surface area (Å²) in [5.41, 5.74) is 8.18. The second-order valence-electron chi connectivity index (χ2n) is 4.54. The van der Waals surface area contributed by atoms with Crippen LogP contribution in [0, 0.1) is 6.92 Å². The van der Waals surface area contributed by atoms with Gasteiger partial charge >= 0.3 is 0 Å². The van der Waals surface area contributed by atoms with Crippen molar-refractivity contribution < 1.29 is 4.79 Å². The summed E-state index contributed by atoms with van der Waals surface area (Å²) in [5, 5.41) is 0. The first-order chi connectivity index (χ1) is 7.61. The van der Waals surface area contributed by atoms with Crippen molar-refractivity contribution in [1.29, 1.82) is 0 Å². The molecule has 1 atom stereocenters. The third-order valence-corrected chi connectivity index (χ3v) is 3.37. The zero-order valence-electron chi connectivity index (χ0n) is 9.86. The third kappa shape index (κ3) is 1.83. The molecular formula is C13H18N2O. The lowest BCUT2D eigenvalue weighted by Gasteiger charge is -2.19. The molecule has 2 N–H and O–H groups in total. The van der Waals surface area contributed by atoms with E-state index >= 15 is 0 Å². The number of nitrogens with two attached hydrogens (primary N) is 1. The largest absolute Gasteiger partial charge is 0.398 e. The molecule has 1 aliphatic rings. The molecule has 1 aromatic rings. The fourth-order valence-corrected chi connectivity index (χ4v) is 2.44. The number of nitrogen functional groups attached to an aromatic ring is 1. The Morgan fingerprint density at radius 1 is 1.50 bits per heavy atom. The predicted octanol–water partition coefficient (Wildman–Crippen LogP) is 1.85. The van der Waals surface area contributed by atoms with Gasteiger partial charge in [-0.15, -0.1) is 0 Å². The Morgan fingerprint density at radius 2 is 2.25 bits per heavy atom. The fourth-order valence-electron chi connectivity index (χ4n) is 2.44. The number of carbonyl (C=O) groups excluding carboxylic acids is 1. The van der Waals surface area contributed by atoms with Gasteiger partial charge in [0, 0.05) is 11.3 Å². The summed E-state index contributed by atoms with van der Waals surface area (Å²) in [6.07, 6.45) is 2.04. The Balaban J connectivity index is 2.33. The minimum absolute atomic E-state index is 0.0170. The molecule has 0 bridgehead atoms. The highest BCUT2D eigenvalue weighted by atomic mass is 16.1. The van der Waals surface area contributed by atoms with E-state index in [0.717, 1.165) is 24.9 Å². The molecule has 0 saturated carbocycles. The number of carbonyl (C=O) groups is 1. The van der Waals surface area contributed by atoms with E-state index < -0.39 is 0 Å². The van der Waals surface area contributed by atoms with Crippen LogP contribution in [0.3, 0.4) is 0 Å². The van der Waals surface area contributed by atoms with Gasteiger partial charge in [0.15, 0.2) is 5.78 Å². The van der Waals surface area contributed by atoms with E-state index in [1.165, 1.54) is 0 Å². The number of ketones is 1. The number of anilines is 1. The van der Waals surface area contributed by atoms with Crippen LogP contribution in [-0.2, 0) is 0 Å². The summed E-state index contributed by atoms with van der Waals surface area (Å²) in [4.78, 5) is 14.5. The monoisotopic (exact) mass is 218 g/mol. The molecule has 0 aromatic heterocycles. The van der Waals surface area contributed by atoms with Gasteiger partial charge in [-0.25, -0.2) is 0 Å². The third-order valence-electron chi connectivity index (χ3n) is 3.37. The molecule has 0 amide bonds. The minimum atomic E-state index is 0.0170. The van der Waals surface area contributed by atoms with Crippen molar-refractivity contribution in [3.8, 4) is 0 Å². The second kappa shape index (κ2) is 4.26. The van der Waals surface area contributed by atoms with Crippen molar-refractivity contribution in [3.63, 3.8) is 0 Å². The number of nitrogens with zero attached hydrogens (tertiary/aromatic N) is 1. The molecule has 2 rings (SSSR count). The summed E-state index contributed by atoms with van der Waals surface area (Å²) in [6, 6.07) is 5.65. The van der Waals surface area contributed by atoms with E-state index in [9.17, 15) is 4.79 Å². The predicted molar refractivity (Wildman–Crippen MR) is 65.6 cm³/mol. The molecule has 0 aliphatic carbocycles. The summed E-state index contributed by atoms with van der Waals surface area (Å²) in [7, 11) is 2.00. The minimum Gasteiger partial charge on any atom is -0.398 e. The molecule has 1 fully saturated rings. The van der Waals surface area contributed by atoms with E-state index in [2.05, 4.69) is 4.90 Å². The number of rotatable bonds is 2. The summed E-state index contributed by atoms with van der Waals surface area (Å²) < 4.78 is 0. The van der Waals surface area contributed by atoms with Gasteiger partial charge in [0.1, 0.15) is 0 Å². The maximum atomic E-state index is 12.4. The molecule has 1 saturated heterocycles. The summed E-state index contributed by atoms with van der Waals surface area (Å²) >= 11 is 0. The Kier molecular flexibility index (Phi) is 2.97. The highest BCUT2D eigenvalue weighted by molar-refractivity contribution is 6.05. The van der Waals surface area contributed by atoms with E-state index in [0.29, 0.717) is 11.3 Å². The van der Waals surface area contributed by atoms with E-state index in [1.807, 2.05) is 26.1 Å². The van der Waals surface area contributed by atoms with Crippen LogP contribution in [-0.4, -0.2) is 30.3 Å². The zero-order valence-corrected chi connectivity index (χ0v) is 9.86. The van der Waals surface area contributed by atoms with E-state index in [-0.39, 0.29) is 11.8 Å². The number of likely N-dealkylation sites (N-methyl/N-ethyl adjacent to an activating group) is 1. The van der Waals surface area contributed by atoms with Gasteiger partial charge < -0.3 is 5.73 Å².